The highest BCUT2D eigenvalue weighted by molar-refractivity contribution is 5.96. The van der Waals surface area contributed by atoms with Crippen molar-refractivity contribution in [1.29, 1.82) is 0 Å². The molecule has 0 aromatic rings. The van der Waals surface area contributed by atoms with Crippen LogP contribution in [0.2, 0.25) is 0 Å². The van der Waals surface area contributed by atoms with Crippen LogP contribution in [0.15, 0.2) is 0 Å². The quantitative estimate of drug-likeness (QED) is 0.589. The van der Waals surface area contributed by atoms with E-state index in [2.05, 4.69) is 5.32 Å². The maximum absolute atomic E-state index is 11.1. The van der Waals surface area contributed by atoms with Gasteiger partial charge in [-0.1, -0.05) is 13.3 Å². The number of hydrogen-bond donors (Lipinski definition) is 2. The smallest absolute Gasteiger partial charge is 0.227 e. The second-order valence-corrected chi connectivity index (χ2v) is 3.47. The van der Waals surface area contributed by atoms with E-state index in [1.54, 1.807) is 0 Å². The van der Waals surface area contributed by atoms with Crippen molar-refractivity contribution >= 4 is 11.7 Å². The fraction of sp³-hybridized carbons (Fsp3) is 0.800. The number of hydrogen-bond acceptors (Lipinski definition) is 3. The first-order valence-corrected chi connectivity index (χ1v) is 4.97. The first kappa shape index (κ1) is 13.1. The second kappa shape index (κ2) is 7.50. The number of carbonyl (C=O) groups excluding carboxylic acids is 2. The van der Waals surface area contributed by atoms with Crippen molar-refractivity contribution in [2.75, 3.05) is 13.2 Å². The highest BCUT2D eigenvalue weighted by Crippen LogP contribution is 2.05. The monoisotopic (exact) mass is 201 g/mol. The molecule has 0 aromatic heterocycles. The Labute approximate surface area is 84.7 Å². The highest BCUT2D eigenvalue weighted by atomic mass is 16.3. The molecule has 14 heavy (non-hydrogen) atoms. The van der Waals surface area contributed by atoms with Gasteiger partial charge in [0.2, 0.25) is 5.91 Å². The van der Waals surface area contributed by atoms with Gasteiger partial charge in [-0.25, -0.2) is 0 Å². The molecule has 0 aliphatic rings. The maximum Gasteiger partial charge on any atom is 0.227 e. The summed E-state index contributed by atoms with van der Waals surface area (Å²) in [5.74, 6) is -0.0532. The Morgan fingerprint density at radius 3 is 2.50 bits per heavy atom. The number of amides is 1. The molecule has 0 bridgehead atoms. The molecule has 1 atom stereocenters. The predicted octanol–water partition coefficient (Wildman–Crippen LogP) is 0.490. The number of rotatable bonds is 7. The molecule has 2 N–H and O–H groups in total. The van der Waals surface area contributed by atoms with E-state index in [0.29, 0.717) is 18.9 Å². The van der Waals surface area contributed by atoms with Gasteiger partial charge in [0, 0.05) is 13.2 Å². The molecule has 0 aliphatic carbocycles. The van der Waals surface area contributed by atoms with Crippen molar-refractivity contribution in [3.8, 4) is 0 Å². The zero-order chi connectivity index (χ0) is 11.0. The van der Waals surface area contributed by atoms with Crippen LogP contribution in [0, 0.1) is 5.92 Å². The average molecular weight is 201 g/mol. The van der Waals surface area contributed by atoms with Crippen molar-refractivity contribution in [2.45, 2.75) is 33.1 Å². The number of Topliss-reactive ketones (excluding diaryl/α,β-unsaturated/α-hetero) is 1. The van der Waals surface area contributed by atoms with Crippen molar-refractivity contribution in [3.05, 3.63) is 0 Å². The second-order valence-electron chi connectivity index (χ2n) is 3.47. The Bertz CT molecular complexity index is 192. The molecule has 1 amide bonds. The van der Waals surface area contributed by atoms with E-state index in [1.165, 1.54) is 6.92 Å². The van der Waals surface area contributed by atoms with E-state index in [1.807, 2.05) is 6.92 Å². The van der Waals surface area contributed by atoms with Gasteiger partial charge in [-0.2, -0.15) is 0 Å². The van der Waals surface area contributed by atoms with Crippen molar-refractivity contribution in [2.24, 2.45) is 5.92 Å². The summed E-state index contributed by atoms with van der Waals surface area (Å²) in [5, 5.41) is 11.4. The van der Waals surface area contributed by atoms with Crippen LogP contribution in [0.25, 0.3) is 0 Å². The zero-order valence-electron chi connectivity index (χ0n) is 8.88. The normalized spacial score (nSPS) is 12.2. The minimum absolute atomic E-state index is 0.0461. The molecule has 82 valence electrons. The minimum atomic E-state index is -0.228. The first-order chi connectivity index (χ1) is 6.60. The van der Waals surface area contributed by atoms with Crippen LogP contribution < -0.4 is 5.32 Å². The summed E-state index contributed by atoms with van der Waals surface area (Å²) >= 11 is 0. The molecule has 4 heteroatoms. The molecule has 4 nitrogen and oxygen atoms in total. The van der Waals surface area contributed by atoms with Crippen LogP contribution in [0.1, 0.15) is 33.1 Å². The molecule has 0 rings (SSSR count). The Kier molecular flexibility index (Phi) is 7.02. The number of nitrogens with one attached hydrogen (secondary N) is 1. The molecule has 0 fully saturated rings. The summed E-state index contributed by atoms with van der Waals surface area (Å²) in [6.45, 7) is 4.09. The van der Waals surface area contributed by atoms with Gasteiger partial charge in [-0.15, -0.1) is 0 Å². The minimum Gasteiger partial charge on any atom is -0.396 e. The van der Waals surface area contributed by atoms with Gasteiger partial charge in [-0.3, -0.25) is 9.59 Å². The third-order valence-electron chi connectivity index (χ3n) is 2.11. The van der Waals surface area contributed by atoms with Crippen molar-refractivity contribution in [1.82, 2.24) is 5.32 Å². The fourth-order valence-corrected chi connectivity index (χ4v) is 1.18. The Morgan fingerprint density at radius 1 is 1.43 bits per heavy atom. The van der Waals surface area contributed by atoms with E-state index in [0.717, 1.165) is 6.42 Å². The van der Waals surface area contributed by atoms with Crippen LogP contribution in [0.3, 0.4) is 0 Å². The van der Waals surface area contributed by atoms with Gasteiger partial charge in [0.05, 0.1) is 6.42 Å². The number of aliphatic hydroxyl groups is 1. The SMILES string of the molecule is CCC(CCO)CNC(=O)CC(C)=O. The Hall–Kier alpha value is -0.900. The maximum atomic E-state index is 11.1. The summed E-state index contributed by atoms with van der Waals surface area (Å²) in [7, 11) is 0. The summed E-state index contributed by atoms with van der Waals surface area (Å²) in [5.41, 5.74) is 0. The van der Waals surface area contributed by atoms with E-state index < -0.39 is 0 Å². The number of aliphatic hydroxyl groups excluding tert-OH is 1. The number of ketones is 1. The lowest BCUT2D eigenvalue weighted by Crippen LogP contribution is -2.30. The Balaban J connectivity index is 3.67. The third kappa shape index (κ3) is 6.60. The Morgan fingerprint density at radius 2 is 2.07 bits per heavy atom. The zero-order valence-corrected chi connectivity index (χ0v) is 8.88. The fourth-order valence-electron chi connectivity index (χ4n) is 1.18. The van der Waals surface area contributed by atoms with Crippen molar-refractivity contribution < 1.29 is 14.7 Å². The highest BCUT2D eigenvalue weighted by Gasteiger charge is 2.09. The molecule has 0 saturated heterocycles. The molecule has 0 spiro atoms. The molecular weight excluding hydrogens is 182 g/mol. The summed E-state index contributed by atoms with van der Waals surface area (Å²) in [6.07, 6.45) is 1.56. The van der Waals surface area contributed by atoms with Gasteiger partial charge in [-0.05, 0) is 19.3 Å². The lowest BCUT2D eigenvalue weighted by atomic mass is 10.0. The van der Waals surface area contributed by atoms with Gasteiger partial charge < -0.3 is 10.4 Å². The molecule has 0 aromatic carbocycles. The van der Waals surface area contributed by atoms with Gasteiger partial charge >= 0.3 is 0 Å². The molecule has 0 aliphatic heterocycles. The number of carbonyl (C=O) groups is 2. The summed E-state index contributed by atoms with van der Waals surface area (Å²) < 4.78 is 0. The predicted molar refractivity (Wildman–Crippen MR) is 53.8 cm³/mol. The van der Waals surface area contributed by atoms with Crippen LogP contribution in [-0.2, 0) is 9.59 Å². The summed E-state index contributed by atoms with van der Waals surface area (Å²) in [6, 6.07) is 0. The summed E-state index contributed by atoms with van der Waals surface area (Å²) in [4.78, 5) is 21.7. The van der Waals surface area contributed by atoms with Crippen LogP contribution in [-0.4, -0.2) is 29.9 Å². The van der Waals surface area contributed by atoms with Gasteiger partial charge in [0.1, 0.15) is 5.78 Å². The van der Waals surface area contributed by atoms with Crippen LogP contribution >= 0.6 is 0 Å². The molecule has 0 saturated carbocycles. The largest absolute Gasteiger partial charge is 0.396 e. The van der Waals surface area contributed by atoms with Gasteiger partial charge in [0.25, 0.3) is 0 Å². The third-order valence-corrected chi connectivity index (χ3v) is 2.11. The molecule has 0 radical (unpaired) electrons. The van der Waals surface area contributed by atoms with E-state index >= 15 is 0 Å². The first-order valence-electron chi connectivity index (χ1n) is 4.97. The lowest BCUT2D eigenvalue weighted by molar-refractivity contribution is -0.127. The lowest BCUT2D eigenvalue weighted by Gasteiger charge is -2.13. The average Bonchev–Trinajstić information content (AvgIpc) is 2.11. The van der Waals surface area contributed by atoms with Gasteiger partial charge in [0.15, 0.2) is 0 Å². The van der Waals surface area contributed by atoms with Crippen molar-refractivity contribution in [3.63, 3.8) is 0 Å². The topological polar surface area (TPSA) is 66.4 Å². The molecule has 0 heterocycles. The molecular formula is C10H19NO3. The van der Waals surface area contributed by atoms with E-state index in [4.69, 9.17) is 5.11 Å². The van der Waals surface area contributed by atoms with E-state index in [-0.39, 0.29) is 24.7 Å². The standard InChI is InChI=1S/C10H19NO3/c1-3-9(4-5-12)7-11-10(14)6-8(2)13/h9,12H,3-7H2,1-2H3,(H,11,14). The van der Waals surface area contributed by atoms with Crippen LogP contribution in [0.4, 0.5) is 0 Å². The molecule has 1 unspecified atom stereocenters. The van der Waals surface area contributed by atoms with Crippen LogP contribution in [0.5, 0.6) is 0 Å². The van der Waals surface area contributed by atoms with E-state index in [9.17, 15) is 9.59 Å².